The molecular weight excluding hydrogens is 561 g/mol. The van der Waals surface area contributed by atoms with Gasteiger partial charge in [0.25, 0.3) is 11.8 Å². The molecule has 2 N–H and O–H groups in total. The van der Waals surface area contributed by atoms with Gasteiger partial charge in [-0.3, -0.25) is 19.9 Å². The molecule has 0 radical (unpaired) electrons. The summed E-state index contributed by atoms with van der Waals surface area (Å²) in [6, 6.07) is 18.7. The first-order chi connectivity index (χ1) is 16.3. The zero-order valence-electron chi connectivity index (χ0n) is 17.3. The number of carbonyl (C=O) groups is 2. The summed E-state index contributed by atoms with van der Waals surface area (Å²) in [6.07, 6.45) is 1.65. The third kappa shape index (κ3) is 5.82. The fourth-order valence-corrected chi connectivity index (χ4v) is 4.57. The number of hydrogen-bond donors (Lipinski definition) is 2. The number of thioether (sulfide) groups is 1. The molecule has 1 aliphatic rings. The summed E-state index contributed by atoms with van der Waals surface area (Å²) >= 11 is 16.3. The highest BCUT2D eigenvalue weighted by molar-refractivity contribution is 9.10. The lowest BCUT2D eigenvalue weighted by atomic mass is 10.2. The van der Waals surface area contributed by atoms with Gasteiger partial charge in [-0.05, 0) is 84.6 Å². The van der Waals surface area contributed by atoms with Gasteiger partial charge in [0.15, 0.2) is 11.8 Å². The number of hydrogen-bond acceptors (Lipinski definition) is 5. The molecule has 0 aliphatic carbocycles. The van der Waals surface area contributed by atoms with Crippen LogP contribution in [0.15, 0.2) is 76.1 Å². The van der Waals surface area contributed by atoms with E-state index in [0.29, 0.717) is 37.6 Å². The second-order valence-electron chi connectivity index (χ2n) is 7.06. The van der Waals surface area contributed by atoms with Crippen LogP contribution in [0.5, 0.6) is 5.75 Å². The minimum atomic E-state index is -0.342. The molecule has 172 valence electrons. The van der Waals surface area contributed by atoms with Crippen molar-refractivity contribution >= 4 is 85.3 Å². The Balaban J connectivity index is 1.51. The van der Waals surface area contributed by atoms with E-state index in [1.807, 2.05) is 0 Å². The average Bonchev–Trinajstić information content (AvgIpc) is 3.08. The van der Waals surface area contributed by atoms with Crippen LogP contribution < -0.4 is 15.0 Å². The van der Waals surface area contributed by atoms with E-state index in [4.69, 9.17) is 33.3 Å². The number of halogens is 3. The SMILES string of the molecule is N=C1S/C(=C\c2cc(Br)ccc2OCC(=O)Nc2ccc(Cl)cc2)C(=O)N1c1ccc(Cl)cc1. The van der Waals surface area contributed by atoms with Crippen molar-refractivity contribution in [1.29, 1.82) is 5.41 Å². The van der Waals surface area contributed by atoms with Crippen LogP contribution in [0.25, 0.3) is 6.08 Å². The summed E-state index contributed by atoms with van der Waals surface area (Å²) in [5.41, 5.74) is 1.75. The van der Waals surface area contributed by atoms with Crippen LogP contribution in [0, 0.1) is 5.41 Å². The molecule has 0 bridgehead atoms. The van der Waals surface area contributed by atoms with Crippen molar-refractivity contribution in [2.45, 2.75) is 0 Å². The van der Waals surface area contributed by atoms with Crippen molar-refractivity contribution in [2.24, 2.45) is 0 Å². The van der Waals surface area contributed by atoms with E-state index in [1.54, 1.807) is 72.8 Å². The largest absolute Gasteiger partial charge is 0.483 e. The number of anilines is 2. The Labute approximate surface area is 218 Å². The molecule has 1 saturated heterocycles. The minimum Gasteiger partial charge on any atom is -0.483 e. The van der Waals surface area contributed by atoms with Crippen LogP contribution in [0.3, 0.4) is 0 Å². The first-order valence-electron chi connectivity index (χ1n) is 9.86. The van der Waals surface area contributed by atoms with Crippen molar-refractivity contribution in [1.82, 2.24) is 0 Å². The third-order valence-electron chi connectivity index (χ3n) is 4.65. The van der Waals surface area contributed by atoms with Crippen LogP contribution in [0.1, 0.15) is 5.56 Å². The predicted octanol–water partition coefficient (Wildman–Crippen LogP) is 6.83. The number of amidine groups is 1. The third-order valence-corrected chi connectivity index (χ3v) is 6.54. The zero-order chi connectivity index (χ0) is 24.2. The van der Waals surface area contributed by atoms with Gasteiger partial charge in [-0.2, -0.15) is 0 Å². The van der Waals surface area contributed by atoms with Gasteiger partial charge < -0.3 is 10.1 Å². The molecule has 0 aromatic heterocycles. The van der Waals surface area contributed by atoms with E-state index in [9.17, 15) is 9.59 Å². The van der Waals surface area contributed by atoms with Crippen molar-refractivity contribution in [3.63, 3.8) is 0 Å². The molecule has 10 heteroatoms. The molecule has 0 unspecified atom stereocenters. The molecule has 1 fully saturated rings. The lowest BCUT2D eigenvalue weighted by molar-refractivity contribution is -0.118. The Morgan fingerprint density at radius 1 is 1.06 bits per heavy atom. The van der Waals surface area contributed by atoms with Crippen LogP contribution in [0.4, 0.5) is 11.4 Å². The molecule has 3 aromatic carbocycles. The average molecular weight is 577 g/mol. The van der Waals surface area contributed by atoms with Gasteiger partial charge in [0, 0.05) is 25.8 Å². The Morgan fingerprint density at radius 2 is 1.71 bits per heavy atom. The lowest BCUT2D eigenvalue weighted by Crippen LogP contribution is -2.27. The fourth-order valence-electron chi connectivity index (χ4n) is 3.09. The van der Waals surface area contributed by atoms with Gasteiger partial charge in [-0.25, -0.2) is 0 Å². The highest BCUT2D eigenvalue weighted by atomic mass is 79.9. The van der Waals surface area contributed by atoms with Crippen molar-refractivity contribution < 1.29 is 14.3 Å². The molecule has 0 saturated carbocycles. The van der Waals surface area contributed by atoms with Gasteiger partial charge in [0.2, 0.25) is 0 Å². The lowest BCUT2D eigenvalue weighted by Gasteiger charge is -2.14. The molecular formula is C24H16BrCl2N3O3S. The number of nitrogens with one attached hydrogen (secondary N) is 2. The monoisotopic (exact) mass is 575 g/mol. The fraction of sp³-hybridized carbons (Fsp3) is 0.0417. The van der Waals surface area contributed by atoms with E-state index < -0.39 is 0 Å². The summed E-state index contributed by atoms with van der Waals surface area (Å²) in [5.74, 6) is -0.249. The van der Waals surface area contributed by atoms with Crippen LogP contribution in [-0.2, 0) is 9.59 Å². The van der Waals surface area contributed by atoms with E-state index in [1.165, 1.54) is 4.90 Å². The van der Waals surface area contributed by atoms with Gasteiger partial charge >= 0.3 is 0 Å². The van der Waals surface area contributed by atoms with E-state index >= 15 is 0 Å². The van der Waals surface area contributed by atoms with Crippen molar-refractivity contribution in [3.05, 3.63) is 91.7 Å². The quantitative estimate of drug-likeness (QED) is 0.315. The number of ether oxygens (including phenoxy) is 1. The summed E-state index contributed by atoms with van der Waals surface area (Å²) in [4.78, 5) is 27.0. The van der Waals surface area contributed by atoms with Crippen LogP contribution in [-0.4, -0.2) is 23.6 Å². The number of benzene rings is 3. The maximum absolute atomic E-state index is 13.0. The number of amides is 2. The molecule has 4 rings (SSSR count). The summed E-state index contributed by atoms with van der Waals surface area (Å²) in [5, 5.41) is 12.2. The van der Waals surface area contributed by atoms with Crippen molar-refractivity contribution in [3.8, 4) is 5.75 Å². The summed E-state index contributed by atoms with van der Waals surface area (Å²) < 4.78 is 6.52. The Hall–Kier alpha value is -2.78. The molecule has 1 heterocycles. The molecule has 2 amide bonds. The number of carbonyl (C=O) groups excluding carboxylic acids is 2. The van der Waals surface area contributed by atoms with Gasteiger partial charge in [0.1, 0.15) is 5.75 Å². The van der Waals surface area contributed by atoms with Crippen LogP contribution >= 0.6 is 50.9 Å². The second kappa shape index (κ2) is 10.7. The number of rotatable bonds is 6. The first kappa shape index (κ1) is 24.3. The zero-order valence-corrected chi connectivity index (χ0v) is 21.3. The first-order valence-corrected chi connectivity index (χ1v) is 12.2. The van der Waals surface area contributed by atoms with Gasteiger partial charge in [0.05, 0.1) is 10.6 Å². The van der Waals surface area contributed by atoms with Gasteiger partial charge in [-0.1, -0.05) is 39.1 Å². The standard InChI is InChI=1S/C24H16BrCl2N3O3S/c25-15-1-10-20(33-13-22(31)29-18-6-2-16(26)3-7-18)14(11-15)12-21-23(32)30(24(28)34-21)19-8-4-17(27)5-9-19/h1-12,28H,13H2,(H,29,31)/b21-12-,28-24?. The maximum Gasteiger partial charge on any atom is 0.271 e. The molecule has 34 heavy (non-hydrogen) atoms. The van der Waals surface area contributed by atoms with Crippen LogP contribution in [0.2, 0.25) is 10.0 Å². The smallest absolute Gasteiger partial charge is 0.271 e. The molecule has 1 aliphatic heterocycles. The topological polar surface area (TPSA) is 82.5 Å². The molecule has 6 nitrogen and oxygen atoms in total. The number of nitrogens with zero attached hydrogens (tertiary/aromatic N) is 1. The molecule has 3 aromatic rings. The normalized spacial score (nSPS) is 14.6. The second-order valence-corrected chi connectivity index (χ2v) is 9.88. The molecule has 0 atom stereocenters. The Bertz CT molecular complexity index is 1300. The van der Waals surface area contributed by atoms with Gasteiger partial charge in [-0.15, -0.1) is 0 Å². The van der Waals surface area contributed by atoms with Crippen molar-refractivity contribution in [2.75, 3.05) is 16.8 Å². The highest BCUT2D eigenvalue weighted by Gasteiger charge is 2.33. The highest BCUT2D eigenvalue weighted by Crippen LogP contribution is 2.37. The Morgan fingerprint density at radius 3 is 2.38 bits per heavy atom. The molecule has 0 spiro atoms. The predicted molar refractivity (Wildman–Crippen MR) is 142 cm³/mol. The maximum atomic E-state index is 13.0. The summed E-state index contributed by atoms with van der Waals surface area (Å²) in [7, 11) is 0. The van der Waals surface area contributed by atoms with E-state index in [0.717, 1.165) is 16.2 Å². The Kier molecular flexibility index (Phi) is 7.63. The van der Waals surface area contributed by atoms with E-state index in [2.05, 4.69) is 21.2 Å². The van der Waals surface area contributed by atoms with E-state index in [-0.39, 0.29) is 23.6 Å². The minimum absolute atomic E-state index is 0.0818. The summed E-state index contributed by atoms with van der Waals surface area (Å²) in [6.45, 7) is -0.228.